The van der Waals surface area contributed by atoms with Gasteiger partial charge in [0.1, 0.15) is 11.2 Å². The summed E-state index contributed by atoms with van der Waals surface area (Å²) in [4.78, 5) is 26.7. The van der Waals surface area contributed by atoms with Crippen LogP contribution in [-0.4, -0.2) is 4.57 Å². The highest BCUT2D eigenvalue weighted by Crippen LogP contribution is 2.37. The fraction of sp³-hybridized carbons (Fsp3) is 0.250. The number of fused-ring (bicyclic) bond motifs is 2. The van der Waals surface area contributed by atoms with Gasteiger partial charge in [-0.2, -0.15) is 0 Å². The second kappa shape index (κ2) is 5.68. The first kappa shape index (κ1) is 15.9. The lowest BCUT2D eigenvalue weighted by molar-refractivity contribution is 0.342. The molecule has 5 aromatic rings. The third kappa shape index (κ3) is 2.00. The largest absolute Gasteiger partial charge is 0.456 e. The second-order valence-electron chi connectivity index (χ2n) is 7.89. The summed E-state index contributed by atoms with van der Waals surface area (Å²) in [5.74, 6) is 0. The molecule has 6 rings (SSSR count). The van der Waals surface area contributed by atoms with E-state index in [1.165, 1.54) is 11.0 Å². The second-order valence-corrected chi connectivity index (χ2v) is 7.89. The molecule has 0 aliphatic heterocycles. The van der Waals surface area contributed by atoms with Crippen LogP contribution < -0.4 is 11.1 Å². The summed E-state index contributed by atoms with van der Waals surface area (Å²) < 4.78 is 7.63. The average Bonchev–Trinajstić information content (AvgIpc) is 2.74. The number of hydrogen-bond acceptors (Lipinski definition) is 3. The third-order valence-electron chi connectivity index (χ3n) is 6.36. The Morgan fingerprint density at radius 1 is 0.679 bits per heavy atom. The van der Waals surface area contributed by atoms with Crippen LogP contribution in [0.2, 0.25) is 0 Å². The monoisotopic (exact) mass is 369 g/mol. The number of aromatic nitrogens is 1. The van der Waals surface area contributed by atoms with E-state index in [0.29, 0.717) is 16.4 Å². The van der Waals surface area contributed by atoms with E-state index in [1.807, 2.05) is 48.5 Å². The SMILES string of the molecule is O=c1c2ccc3oc4ccccc4c4ccc(c(=O)n1C1CCCCC1)c2c34. The Balaban J connectivity index is 1.81. The lowest BCUT2D eigenvalue weighted by Gasteiger charge is -2.24. The maximum absolute atomic E-state index is 13.4. The van der Waals surface area contributed by atoms with Gasteiger partial charge in [-0.15, -0.1) is 0 Å². The van der Waals surface area contributed by atoms with Crippen LogP contribution >= 0.6 is 0 Å². The van der Waals surface area contributed by atoms with Gasteiger partial charge in [0.05, 0.1) is 0 Å². The van der Waals surface area contributed by atoms with E-state index in [9.17, 15) is 9.59 Å². The molecule has 0 spiro atoms. The summed E-state index contributed by atoms with van der Waals surface area (Å²) in [7, 11) is 0. The van der Waals surface area contributed by atoms with E-state index < -0.39 is 0 Å². The fourth-order valence-electron chi connectivity index (χ4n) is 5.05. The van der Waals surface area contributed by atoms with E-state index in [4.69, 9.17) is 4.42 Å². The molecule has 1 saturated carbocycles. The summed E-state index contributed by atoms with van der Waals surface area (Å²) in [6.45, 7) is 0. The van der Waals surface area contributed by atoms with Gasteiger partial charge in [0.2, 0.25) is 0 Å². The van der Waals surface area contributed by atoms with Crippen LogP contribution in [0.4, 0.5) is 0 Å². The molecule has 0 atom stereocenters. The Kier molecular flexibility index (Phi) is 3.22. The fourth-order valence-corrected chi connectivity index (χ4v) is 5.05. The summed E-state index contributed by atoms with van der Waals surface area (Å²) in [5, 5.41) is 4.86. The number of hydrogen-bond donors (Lipinski definition) is 0. The number of para-hydroxylation sites is 1. The van der Waals surface area contributed by atoms with Gasteiger partial charge in [-0.1, -0.05) is 43.5 Å². The molecule has 0 amide bonds. The van der Waals surface area contributed by atoms with Gasteiger partial charge < -0.3 is 4.42 Å². The summed E-state index contributed by atoms with van der Waals surface area (Å²) in [6.07, 6.45) is 5.15. The lowest BCUT2D eigenvalue weighted by Crippen LogP contribution is -2.37. The van der Waals surface area contributed by atoms with Crippen molar-refractivity contribution in [3.8, 4) is 0 Å². The van der Waals surface area contributed by atoms with E-state index in [-0.39, 0.29) is 17.2 Å². The highest BCUT2D eigenvalue weighted by Gasteiger charge is 2.23. The Bertz CT molecular complexity index is 1450. The number of pyridine rings is 1. The van der Waals surface area contributed by atoms with Crippen molar-refractivity contribution in [3.05, 3.63) is 69.2 Å². The van der Waals surface area contributed by atoms with E-state index in [1.54, 1.807) is 0 Å². The Labute approximate surface area is 160 Å². The van der Waals surface area contributed by atoms with Crippen LogP contribution in [0.15, 0.2) is 62.5 Å². The van der Waals surface area contributed by atoms with Crippen molar-refractivity contribution in [2.45, 2.75) is 38.1 Å². The molecular formula is C24H19NO3. The molecule has 2 heterocycles. The van der Waals surface area contributed by atoms with Crippen LogP contribution in [0.25, 0.3) is 43.5 Å². The van der Waals surface area contributed by atoms with Crippen LogP contribution in [-0.2, 0) is 0 Å². The van der Waals surface area contributed by atoms with E-state index in [2.05, 4.69) is 0 Å². The zero-order valence-electron chi connectivity index (χ0n) is 15.4. The molecule has 1 aliphatic carbocycles. The van der Waals surface area contributed by atoms with Gasteiger partial charge in [0.15, 0.2) is 0 Å². The molecule has 0 bridgehead atoms. The van der Waals surface area contributed by atoms with Crippen LogP contribution in [0.3, 0.4) is 0 Å². The van der Waals surface area contributed by atoms with Crippen LogP contribution in [0.1, 0.15) is 38.1 Å². The molecule has 0 unspecified atom stereocenters. The minimum atomic E-state index is -0.160. The minimum Gasteiger partial charge on any atom is -0.456 e. The molecule has 2 aromatic heterocycles. The molecule has 0 N–H and O–H groups in total. The first-order valence-corrected chi connectivity index (χ1v) is 9.99. The quantitative estimate of drug-likeness (QED) is 0.295. The molecular weight excluding hydrogens is 350 g/mol. The van der Waals surface area contributed by atoms with Crippen molar-refractivity contribution in [3.63, 3.8) is 0 Å². The Morgan fingerprint density at radius 2 is 1.36 bits per heavy atom. The lowest BCUT2D eigenvalue weighted by atomic mass is 9.93. The normalized spacial score (nSPS) is 16.0. The number of benzene rings is 3. The number of rotatable bonds is 1. The molecule has 4 nitrogen and oxygen atoms in total. The summed E-state index contributed by atoms with van der Waals surface area (Å²) in [5.41, 5.74) is 1.19. The van der Waals surface area contributed by atoms with Crippen molar-refractivity contribution in [1.29, 1.82) is 0 Å². The van der Waals surface area contributed by atoms with E-state index in [0.717, 1.165) is 52.8 Å². The van der Waals surface area contributed by atoms with Crippen molar-refractivity contribution >= 4 is 43.5 Å². The predicted molar refractivity (Wildman–Crippen MR) is 113 cm³/mol. The molecule has 1 aliphatic rings. The Morgan fingerprint density at radius 3 is 2.14 bits per heavy atom. The molecule has 3 aromatic carbocycles. The Hall–Kier alpha value is -3.14. The van der Waals surface area contributed by atoms with Crippen LogP contribution in [0.5, 0.6) is 0 Å². The maximum atomic E-state index is 13.4. The molecule has 1 fully saturated rings. The molecule has 138 valence electrons. The zero-order chi connectivity index (χ0) is 18.8. The first-order valence-electron chi connectivity index (χ1n) is 9.99. The van der Waals surface area contributed by atoms with Crippen molar-refractivity contribution in [2.75, 3.05) is 0 Å². The molecule has 28 heavy (non-hydrogen) atoms. The maximum Gasteiger partial charge on any atom is 0.261 e. The topological polar surface area (TPSA) is 52.2 Å². The third-order valence-corrected chi connectivity index (χ3v) is 6.36. The zero-order valence-corrected chi connectivity index (χ0v) is 15.4. The molecule has 0 radical (unpaired) electrons. The van der Waals surface area contributed by atoms with Crippen molar-refractivity contribution < 1.29 is 4.42 Å². The summed E-state index contributed by atoms with van der Waals surface area (Å²) >= 11 is 0. The highest BCUT2D eigenvalue weighted by atomic mass is 16.3. The smallest absolute Gasteiger partial charge is 0.261 e. The minimum absolute atomic E-state index is 0.0150. The average molecular weight is 369 g/mol. The molecule has 4 heteroatoms. The van der Waals surface area contributed by atoms with Gasteiger partial charge in [-0.05, 0) is 42.5 Å². The van der Waals surface area contributed by atoms with Gasteiger partial charge in [0, 0.05) is 33.0 Å². The molecule has 0 saturated heterocycles. The van der Waals surface area contributed by atoms with Crippen LogP contribution in [0, 0.1) is 0 Å². The predicted octanol–water partition coefficient (Wildman–Crippen LogP) is 5.36. The van der Waals surface area contributed by atoms with Gasteiger partial charge in [-0.25, -0.2) is 0 Å². The summed E-state index contributed by atoms with van der Waals surface area (Å²) in [6, 6.07) is 15.5. The van der Waals surface area contributed by atoms with Gasteiger partial charge >= 0.3 is 0 Å². The number of nitrogens with zero attached hydrogens (tertiary/aromatic N) is 1. The van der Waals surface area contributed by atoms with Crippen molar-refractivity contribution in [2.24, 2.45) is 0 Å². The highest BCUT2D eigenvalue weighted by molar-refractivity contribution is 6.26. The van der Waals surface area contributed by atoms with Gasteiger partial charge in [-0.3, -0.25) is 14.2 Å². The first-order chi connectivity index (χ1) is 13.7. The standard InChI is InChI=1S/C24H19NO3/c26-23-17-11-10-16-15-8-4-5-9-19(15)28-20-13-12-18(21(17)22(16)20)24(27)25(23)14-6-2-1-3-7-14/h4-5,8-14H,1-3,6-7H2. The van der Waals surface area contributed by atoms with Crippen molar-refractivity contribution in [1.82, 2.24) is 4.57 Å². The van der Waals surface area contributed by atoms with E-state index >= 15 is 0 Å². The van der Waals surface area contributed by atoms with Gasteiger partial charge in [0.25, 0.3) is 11.1 Å².